The molecule has 0 atom stereocenters. The van der Waals surface area contributed by atoms with Crippen LogP contribution in [0.5, 0.6) is 0 Å². The van der Waals surface area contributed by atoms with Gasteiger partial charge in [0.1, 0.15) is 4.83 Å². The Morgan fingerprint density at radius 1 is 1.15 bits per heavy atom. The van der Waals surface area contributed by atoms with Gasteiger partial charge in [-0.3, -0.25) is 9.78 Å². The van der Waals surface area contributed by atoms with E-state index in [2.05, 4.69) is 10.1 Å². The number of hydrogen-bond donors (Lipinski definition) is 0. The molecule has 0 spiro atoms. The van der Waals surface area contributed by atoms with Crippen LogP contribution in [0.2, 0.25) is 0 Å². The molecular weight excluding hydrogens is 344 g/mol. The van der Waals surface area contributed by atoms with Gasteiger partial charge in [0.25, 0.3) is 5.91 Å². The van der Waals surface area contributed by atoms with Gasteiger partial charge in [0, 0.05) is 18.6 Å². The minimum Gasteiger partial charge on any atom is -0.335 e. The molecule has 1 aromatic carbocycles. The molecule has 0 aliphatic rings. The van der Waals surface area contributed by atoms with Crippen molar-refractivity contribution in [2.75, 3.05) is 7.05 Å². The second-order valence-electron chi connectivity index (χ2n) is 6.14. The van der Waals surface area contributed by atoms with Crippen LogP contribution >= 0.6 is 11.3 Å². The third kappa shape index (κ3) is 2.99. The van der Waals surface area contributed by atoms with Crippen molar-refractivity contribution in [3.8, 4) is 5.69 Å². The van der Waals surface area contributed by atoms with Crippen LogP contribution in [0.15, 0.2) is 60.8 Å². The molecule has 130 valence electrons. The van der Waals surface area contributed by atoms with Crippen molar-refractivity contribution in [1.29, 1.82) is 0 Å². The maximum atomic E-state index is 12.9. The number of hydrogen-bond acceptors (Lipinski definition) is 4. The van der Waals surface area contributed by atoms with Gasteiger partial charge in [-0.2, -0.15) is 5.10 Å². The zero-order valence-electron chi connectivity index (χ0n) is 14.6. The van der Waals surface area contributed by atoms with Crippen LogP contribution in [-0.4, -0.2) is 32.6 Å². The monoisotopic (exact) mass is 362 g/mol. The Morgan fingerprint density at radius 2 is 1.92 bits per heavy atom. The predicted octanol–water partition coefficient (Wildman–Crippen LogP) is 4.06. The lowest BCUT2D eigenvalue weighted by molar-refractivity contribution is 0.0788. The van der Waals surface area contributed by atoms with Crippen molar-refractivity contribution in [3.05, 3.63) is 77.1 Å². The van der Waals surface area contributed by atoms with E-state index in [1.54, 1.807) is 18.1 Å². The molecule has 4 aromatic rings. The minimum atomic E-state index is -0.00383. The lowest BCUT2D eigenvalue weighted by Crippen LogP contribution is -2.25. The van der Waals surface area contributed by atoms with E-state index in [-0.39, 0.29) is 5.91 Å². The van der Waals surface area contributed by atoms with E-state index in [1.165, 1.54) is 11.3 Å². The van der Waals surface area contributed by atoms with E-state index in [0.717, 1.165) is 27.3 Å². The summed E-state index contributed by atoms with van der Waals surface area (Å²) in [4.78, 5) is 20.5. The quantitative estimate of drug-likeness (QED) is 0.550. The minimum absolute atomic E-state index is 0.00383. The number of rotatable bonds is 4. The Kier molecular flexibility index (Phi) is 4.26. The number of aryl methyl sites for hydroxylation is 1. The van der Waals surface area contributed by atoms with Crippen molar-refractivity contribution >= 4 is 27.5 Å². The molecule has 0 saturated heterocycles. The first-order valence-corrected chi connectivity index (χ1v) is 9.15. The number of amides is 1. The second kappa shape index (κ2) is 6.72. The molecule has 0 N–H and O–H groups in total. The summed E-state index contributed by atoms with van der Waals surface area (Å²) in [6, 6.07) is 17.6. The Balaban J connectivity index is 1.66. The van der Waals surface area contributed by atoms with Gasteiger partial charge in [-0.05, 0) is 37.3 Å². The summed E-state index contributed by atoms with van der Waals surface area (Å²) < 4.78 is 1.91. The van der Waals surface area contributed by atoms with Crippen molar-refractivity contribution in [1.82, 2.24) is 19.7 Å². The molecule has 0 unspecified atom stereocenters. The number of thiophene rings is 1. The Morgan fingerprint density at radius 3 is 2.65 bits per heavy atom. The van der Waals surface area contributed by atoms with E-state index in [4.69, 9.17) is 0 Å². The van der Waals surface area contributed by atoms with Crippen LogP contribution in [0.1, 0.15) is 21.1 Å². The van der Waals surface area contributed by atoms with E-state index < -0.39 is 0 Å². The topological polar surface area (TPSA) is 51.0 Å². The maximum absolute atomic E-state index is 12.9. The number of pyridine rings is 1. The third-order valence-electron chi connectivity index (χ3n) is 4.23. The number of carbonyl (C=O) groups excluding carboxylic acids is 1. The Labute approximate surface area is 155 Å². The van der Waals surface area contributed by atoms with Gasteiger partial charge < -0.3 is 4.90 Å². The van der Waals surface area contributed by atoms with Gasteiger partial charge in [-0.1, -0.05) is 24.3 Å². The molecule has 6 heteroatoms. The Bertz CT molecular complexity index is 1050. The van der Waals surface area contributed by atoms with Gasteiger partial charge in [-0.25, -0.2) is 4.68 Å². The molecule has 3 heterocycles. The highest BCUT2D eigenvalue weighted by Gasteiger charge is 2.19. The summed E-state index contributed by atoms with van der Waals surface area (Å²) in [6.07, 6.45) is 1.74. The first-order valence-electron chi connectivity index (χ1n) is 8.33. The summed E-state index contributed by atoms with van der Waals surface area (Å²) in [5.41, 5.74) is 2.79. The highest BCUT2D eigenvalue weighted by atomic mass is 32.1. The number of carbonyl (C=O) groups is 1. The highest BCUT2D eigenvalue weighted by Crippen LogP contribution is 2.31. The van der Waals surface area contributed by atoms with Crippen LogP contribution in [-0.2, 0) is 6.54 Å². The summed E-state index contributed by atoms with van der Waals surface area (Å²) in [5.74, 6) is -0.00383. The summed E-state index contributed by atoms with van der Waals surface area (Å²) >= 11 is 1.48. The zero-order valence-corrected chi connectivity index (χ0v) is 15.4. The van der Waals surface area contributed by atoms with Crippen LogP contribution in [0.3, 0.4) is 0 Å². The van der Waals surface area contributed by atoms with Gasteiger partial charge >= 0.3 is 0 Å². The first-order chi connectivity index (χ1) is 12.6. The summed E-state index contributed by atoms with van der Waals surface area (Å²) in [6.45, 7) is 2.46. The van der Waals surface area contributed by atoms with Gasteiger partial charge in [0.15, 0.2) is 0 Å². The molecule has 0 saturated carbocycles. The smallest absolute Gasteiger partial charge is 0.264 e. The average molecular weight is 362 g/mol. The van der Waals surface area contributed by atoms with E-state index >= 15 is 0 Å². The normalized spacial score (nSPS) is 11.0. The van der Waals surface area contributed by atoms with Crippen molar-refractivity contribution in [2.45, 2.75) is 13.5 Å². The lowest BCUT2D eigenvalue weighted by atomic mass is 10.3. The third-order valence-corrected chi connectivity index (χ3v) is 5.33. The Hall–Kier alpha value is -2.99. The molecular formula is C20H18N4OS. The molecule has 0 aliphatic carbocycles. The fourth-order valence-corrected chi connectivity index (χ4v) is 4.07. The number of fused-ring (bicyclic) bond motifs is 1. The lowest BCUT2D eigenvalue weighted by Gasteiger charge is -2.15. The first kappa shape index (κ1) is 16.5. The van der Waals surface area contributed by atoms with Crippen LogP contribution in [0.25, 0.3) is 15.9 Å². The van der Waals surface area contributed by atoms with Gasteiger partial charge in [0.2, 0.25) is 0 Å². The van der Waals surface area contributed by atoms with Crippen LogP contribution in [0.4, 0.5) is 0 Å². The second-order valence-corrected chi connectivity index (χ2v) is 7.18. The standard InChI is InChI=1S/C20H18N4OS/c1-14-17-12-18(19(25)23(2)13-15-8-6-7-11-21-15)26-20(17)24(22-14)16-9-4-3-5-10-16/h3-12H,13H2,1-2H3. The van der Waals surface area contributed by atoms with Crippen molar-refractivity contribution in [3.63, 3.8) is 0 Å². The summed E-state index contributed by atoms with van der Waals surface area (Å²) in [5, 5.41) is 5.65. The average Bonchev–Trinajstić information content (AvgIpc) is 3.23. The number of benzene rings is 1. The van der Waals surface area contributed by atoms with E-state index in [9.17, 15) is 4.79 Å². The molecule has 3 aromatic heterocycles. The fraction of sp³-hybridized carbons (Fsp3) is 0.150. The SMILES string of the molecule is Cc1nn(-c2ccccc2)c2sc(C(=O)N(C)Cc3ccccn3)cc12. The molecule has 0 bridgehead atoms. The molecule has 26 heavy (non-hydrogen) atoms. The van der Waals surface area contributed by atoms with Crippen LogP contribution in [0, 0.1) is 6.92 Å². The molecule has 1 amide bonds. The molecule has 0 aliphatic heterocycles. The van der Waals surface area contributed by atoms with Crippen molar-refractivity contribution in [2.24, 2.45) is 0 Å². The number of para-hydroxylation sites is 1. The predicted molar refractivity (Wildman–Crippen MR) is 104 cm³/mol. The number of aromatic nitrogens is 3. The summed E-state index contributed by atoms with van der Waals surface area (Å²) in [7, 11) is 1.80. The molecule has 0 radical (unpaired) electrons. The largest absolute Gasteiger partial charge is 0.335 e. The van der Waals surface area contributed by atoms with Crippen molar-refractivity contribution < 1.29 is 4.79 Å². The fourth-order valence-electron chi connectivity index (χ4n) is 2.89. The van der Waals surface area contributed by atoms with E-state index in [1.807, 2.05) is 66.2 Å². The number of nitrogens with zero attached hydrogens (tertiary/aromatic N) is 4. The maximum Gasteiger partial charge on any atom is 0.264 e. The molecule has 5 nitrogen and oxygen atoms in total. The van der Waals surface area contributed by atoms with Gasteiger partial charge in [0.05, 0.1) is 28.5 Å². The van der Waals surface area contributed by atoms with E-state index in [0.29, 0.717) is 11.4 Å². The zero-order chi connectivity index (χ0) is 18.1. The highest BCUT2D eigenvalue weighted by molar-refractivity contribution is 7.20. The molecule has 4 rings (SSSR count). The van der Waals surface area contributed by atoms with Gasteiger partial charge in [-0.15, -0.1) is 11.3 Å². The van der Waals surface area contributed by atoms with Crippen LogP contribution < -0.4 is 0 Å². The molecule has 0 fully saturated rings.